The third kappa shape index (κ3) is 5.27. The summed E-state index contributed by atoms with van der Waals surface area (Å²) in [5.74, 6) is -1.10. The van der Waals surface area contributed by atoms with E-state index in [-0.39, 0.29) is 12.6 Å². The third-order valence-electron chi connectivity index (χ3n) is 2.92. The highest BCUT2D eigenvalue weighted by Gasteiger charge is 2.18. The van der Waals surface area contributed by atoms with Crippen LogP contribution in [0.25, 0.3) is 0 Å². The largest absolute Gasteiger partial charge is 0.479 e. The van der Waals surface area contributed by atoms with Crippen molar-refractivity contribution >= 4 is 12.0 Å². The number of hydrogen-bond donors (Lipinski definition) is 2. The number of hydrogen-bond acceptors (Lipinski definition) is 3. The van der Waals surface area contributed by atoms with Crippen LogP contribution in [0.4, 0.5) is 4.79 Å². The van der Waals surface area contributed by atoms with Gasteiger partial charge in [-0.1, -0.05) is 30.3 Å². The molecule has 0 heterocycles. The van der Waals surface area contributed by atoms with Gasteiger partial charge in [0.15, 0.2) is 6.10 Å². The molecule has 0 aromatic heterocycles. The predicted octanol–water partition coefficient (Wildman–Crippen LogP) is 0.970. The minimum atomic E-state index is -1.10. The summed E-state index contributed by atoms with van der Waals surface area (Å²) < 4.78 is 4.74. The van der Waals surface area contributed by atoms with Gasteiger partial charge in [0.05, 0.1) is 6.54 Å². The van der Waals surface area contributed by atoms with Crippen molar-refractivity contribution < 1.29 is 19.4 Å². The molecule has 0 saturated heterocycles. The molecule has 0 aliphatic carbocycles. The second kappa shape index (κ2) is 8.16. The zero-order valence-electron chi connectivity index (χ0n) is 11.7. The van der Waals surface area contributed by atoms with Crippen molar-refractivity contribution in [2.24, 2.45) is 0 Å². The Morgan fingerprint density at radius 1 is 1.35 bits per heavy atom. The van der Waals surface area contributed by atoms with Gasteiger partial charge in [0, 0.05) is 20.7 Å². The first-order valence-corrected chi connectivity index (χ1v) is 6.33. The van der Waals surface area contributed by atoms with E-state index in [1.807, 2.05) is 30.3 Å². The molecule has 0 bridgehead atoms. The number of benzene rings is 1. The highest BCUT2D eigenvalue weighted by atomic mass is 16.5. The molecule has 1 atom stereocenters. The van der Waals surface area contributed by atoms with Crippen LogP contribution in [0.2, 0.25) is 0 Å². The fourth-order valence-electron chi connectivity index (χ4n) is 1.63. The molecule has 1 rings (SSSR count). The smallest absolute Gasteiger partial charge is 0.334 e. The Morgan fingerprint density at radius 2 is 2.00 bits per heavy atom. The van der Waals surface area contributed by atoms with Crippen molar-refractivity contribution in [1.82, 2.24) is 10.2 Å². The Labute approximate surface area is 118 Å². The van der Waals surface area contributed by atoms with E-state index in [0.717, 1.165) is 12.0 Å². The van der Waals surface area contributed by atoms with Gasteiger partial charge in [-0.15, -0.1) is 0 Å². The van der Waals surface area contributed by atoms with Crippen molar-refractivity contribution in [2.75, 3.05) is 27.2 Å². The number of nitrogens with zero attached hydrogens (tertiary/aromatic N) is 1. The molecule has 0 saturated carbocycles. The Kier molecular flexibility index (Phi) is 6.52. The number of ether oxygens (including phenoxy) is 1. The van der Waals surface area contributed by atoms with Crippen LogP contribution in [-0.2, 0) is 16.0 Å². The van der Waals surface area contributed by atoms with Crippen molar-refractivity contribution in [3.63, 3.8) is 0 Å². The molecule has 0 fully saturated rings. The molecule has 2 amide bonds. The quantitative estimate of drug-likeness (QED) is 0.780. The van der Waals surface area contributed by atoms with Gasteiger partial charge in [-0.25, -0.2) is 9.59 Å². The van der Waals surface area contributed by atoms with E-state index in [0.29, 0.717) is 6.54 Å². The number of carboxylic acid groups (broad SMARTS) is 1. The third-order valence-corrected chi connectivity index (χ3v) is 2.92. The number of methoxy groups -OCH3 is 1. The Balaban J connectivity index is 2.34. The molecule has 2 N–H and O–H groups in total. The van der Waals surface area contributed by atoms with E-state index >= 15 is 0 Å². The molecule has 0 aliphatic rings. The van der Waals surface area contributed by atoms with Gasteiger partial charge in [0.1, 0.15) is 0 Å². The highest BCUT2D eigenvalue weighted by Crippen LogP contribution is 2.00. The summed E-state index contributed by atoms with van der Waals surface area (Å²) in [5, 5.41) is 11.3. The summed E-state index contributed by atoms with van der Waals surface area (Å²) in [6.45, 7) is 0.501. The van der Waals surface area contributed by atoms with Crippen molar-refractivity contribution in [3.8, 4) is 0 Å². The van der Waals surface area contributed by atoms with Crippen molar-refractivity contribution in [1.29, 1.82) is 0 Å². The van der Waals surface area contributed by atoms with Crippen LogP contribution < -0.4 is 5.32 Å². The number of carbonyl (C=O) groups excluding carboxylic acids is 1. The Morgan fingerprint density at radius 3 is 2.55 bits per heavy atom. The normalized spacial score (nSPS) is 11.7. The van der Waals surface area contributed by atoms with Gasteiger partial charge >= 0.3 is 12.0 Å². The molecular weight excluding hydrogens is 260 g/mol. The van der Waals surface area contributed by atoms with Gasteiger partial charge < -0.3 is 20.1 Å². The van der Waals surface area contributed by atoms with E-state index in [4.69, 9.17) is 9.84 Å². The van der Waals surface area contributed by atoms with Crippen LogP contribution in [-0.4, -0.2) is 55.4 Å². The van der Waals surface area contributed by atoms with Gasteiger partial charge in [-0.2, -0.15) is 0 Å². The van der Waals surface area contributed by atoms with Crippen molar-refractivity contribution in [3.05, 3.63) is 35.9 Å². The summed E-state index contributed by atoms with van der Waals surface area (Å²) in [6.07, 6.45) is -0.279. The summed E-state index contributed by atoms with van der Waals surface area (Å²) in [4.78, 5) is 24.0. The topological polar surface area (TPSA) is 78.9 Å². The van der Waals surface area contributed by atoms with Gasteiger partial charge in [-0.3, -0.25) is 0 Å². The molecule has 1 aromatic rings. The second-order valence-electron chi connectivity index (χ2n) is 4.41. The van der Waals surface area contributed by atoms with Gasteiger partial charge in [0.25, 0.3) is 0 Å². The molecule has 6 heteroatoms. The average molecular weight is 280 g/mol. The van der Waals surface area contributed by atoms with Crippen LogP contribution in [0, 0.1) is 0 Å². The minimum Gasteiger partial charge on any atom is -0.479 e. The Hall–Kier alpha value is -2.08. The van der Waals surface area contributed by atoms with Crippen molar-refractivity contribution in [2.45, 2.75) is 12.5 Å². The van der Waals surface area contributed by atoms with E-state index in [1.165, 1.54) is 12.0 Å². The molecular formula is C14H20N2O4. The van der Waals surface area contributed by atoms with Crippen LogP contribution in [0.5, 0.6) is 0 Å². The number of rotatable bonds is 7. The molecule has 20 heavy (non-hydrogen) atoms. The predicted molar refractivity (Wildman–Crippen MR) is 74.6 cm³/mol. The molecule has 1 aromatic carbocycles. The lowest BCUT2D eigenvalue weighted by Crippen LogP contribution is -2.44. The van der Waals surface area contributed by atoms with Crippen LogP contribution in [0.15, 0.2) is 30.3 Å². The second-order valence-corrected chi connectivity index (χ2v) is 4.41. The number of nitrogens with one attached hydrogen (secondary N) is 1. The summed E-state index contributed by atoms with van der Waals surface area (Å²) >= 11 is 0. The SMILES string of the molecule is COC(CNC(=O)N(C)CCc1ccccc1)C(=O)O. The molecule has 0 spiro atoms. The number of aliphatic carboxylic acids is 1. The standard InChI is InChI=1S/C14H20N2O4/c1-16(9-8-11-6-4-3-5-7-11)14(19)15-10-12(20-2)13(17)18/h3-7,12H,8-10H2,1-2H3,(H,15,19)(H,17,18). The molecule has 110 valence electrons. The van der Waals surface area contributed by atoms with E-state index < -0.39 is 12.1 Å². The zero-order chi connectivity index (χ0) is 15.0. The fourth-order valence-corrected chi connectivity index (χ4v) is 1.63. The highest BCUT2D eigenvalue weighted by molar-refractivity contribution is 5.76. The fraction of sp³-hybridized carbons (Fsp3) is 0.429. The number of carbonyl (C=O) groups is 2. The number of amides is 2. The van der Waals surface area contributed by atoms with Gasteiger partial charge in [0.2, 0.25) is 0 Å². The maximum Gasteiger partial charge on any atom is 0.334 e. The average Bonchev–Trinajstić information content (AvgIpc) is 2.45. The number of urea groups is 1. The number of likely N-dealkylation sites (N-methyl/N-ethyl adjacent to an activating group) is 1. The molecule has 0 aliphatic heterocycles. The van der Waals surface area contributed by atoms with E-state index in [2.05, 4.69) is 5.32 Å². The number of carboxylic acids is 1. The summed E-state index contributed by atoms with van der Waals surface area (Å²) in [7, 11) is 2.96. The minimum absolute atomic E-state index is 0.0552. The molecule has 0 radical (unpaired) electrons. The van der Waals surface area contributed by atoms with Crippen LogP contribution in [0.1, 0.15) is 5.56 Å². The first kappa shape index (κ1) is 16.0. The molecule has 6 nitrogen and oxygen atoms in total. The first-order chi connectivity index (χ1) is 9.54. The lowest BCUT2D eigenvalue weighted by atomic mass is 10.1. The maximum atomic E-state index is 11.8. The van der Waals surface area contributed by atoms with E-state index in [1.54, 1.807) is 7.05 Å². The van der Waals surface area contributed by atoms with Crippen LogP contribution >= 0.6 is 0 Å². The van der Waals surface area contributed by atoms with Gasteiger partial charge in [-0.05, 0) is 12.0 Å². The Bertz CT molecular complexity index is 436. The maximum absolute atomic E-state index is 11.8. The summed E-state index contributed by atoms with van der Waals surface area (Å²) in [5.41, 5.74) is 1.15. The molecule has 1 unspecified atom stereocenters. The zero-order valence-corrected chi connectivity index (χ0v) is 11.7. The monoisotopic (exact) mass is 280 g/mol. The van der Waals surface area contributed by atoms with Crippen LogP contribution in [0.3, 0.4) is 0 Å². The first-order valence-electron chi connectivity index (χ1n) is 6.33. The summed E-state index contributed by atoms with van der Waals surface area (Å²) in [6, 6.07) is 9.52. The lowest BCUT2D eigenvalue weighted by Gasteiger charge is -2.19. The lowest BCUT2D eigenvalue weighted by molar-refractivity contribution is -0.148. The van der Waals surface area contributed by atoms with E-state index in [9.17, 15) is 9.59 Å².